The topological polar surface area (TPSA) is 34.1 Å². The molecule has 0 aromatic carbocycles. The van der Waals surface area contributed by atoms with E-state index in [4.69, 9.17) is 10.7 Å². The summed E-state index contributed by atoms with van der Waals surface area (Å²) in [4.78, 5) is 0. The van der Waals surface area contributed by atoms with Gasteiger partial charge in [0.25, 0.3) is 0 Å². The molecule has 1 fully saturated rings. The molecule has 0 aliphatic heterocycles. The van der Waals surface area contributed by atoms with Gasteiger partial charge in [0.15, 0.2) is 0 Å². The third-order valence-electron chi connectivity index (χ3n) is 1.99. The van der Waals surface area contributed by atoms with Crippen molar-refractivity contribution in [3.05, 3.63) is 0 Å². The van der Waals surface area contributed by atoms with Crippen LogP contribution in [0, 0.1) is 0 Å². The maximum Gasteiger partial charge on any atom is 0.249 e. The minimum absolute atomic E-state index is 0.226. The summed E-state index contributed by atoms with van der Waals surface area (Å²) in [6, 6.07) is 0. The lowest BCUT2D eigenvalue weighted by Crippen LogP contribution is -2.32. The fraction of sp³-hybridized carbons (Fsp3) is 1.00. The smallest absolute Gasteiger partial charge is 0.212 e. The Kier molecular flexibility index (Phi) is 2.63. The van der Waals surface area contributed by atoms with Crippen molar-refractivity contribution in [3.8, 4) is 0 Å². The molecule has 72 valence electrons. The summed E-state index contributed by atoms with van der Waals surface area (Å²) >= 11 is 0. The van der Waals surface area contributed by atoms with Crippen molar-refractivity contribution < 1.29 is 17.2 Å². The number of hydrogen-bond acceptors (Lipinski definition) is 2. The van der Waals surface area contributed by atoms with E-state index in [0.717, 1.165) is 0 Å². The highest BCUT2D eigenvalue weighted by Gasteiger charge is 2.41. The molecule has 1 unspecified atom stereocenters. The van der Waals surface area contributed by atoms with Crippen molar-refractivity contribution in [2.24, 2.45) is 0 Å². The van der Waals surface area contributed by atoms with Crippen LogP contribution in [-0.2, 0) is 9.05 Å². The van der Waals surface area contributed by atoms with Crippen LogP contribution in [0.3, 0.4) is 0 Å². The molecule has 1 rings (SSSR count). The summed E-state index contributed by atoms with van der Waals surface area (Å²) in [5.74, 6) is -2.86. The fourth-order valence-corrected chi connectivity index (χ4v) is 2.71. The average molecular weight is 219 g/mol. The molecule has 0 saturated heterocycles. The predicted molar refractivity (Wildman–Crippen MR) is 42.0 cm³/mol. The van der Waals surface area contributed by atoms with Gasteiger partial charge < -0.3 is 0 Å². The molecule has 0 N–H and O–H groups in total. The quantitative estimate of drug-likeness (QED) is 0.632. The molecule has 0 heterocycles. The maximum atomic E-state index is 12.7. The summed E-state index contributed by atoms with van der Waals surface area (Å²) in [5, 5.41) is -1.07. The Morgan fingerprint density at radius 1 is 1.42 bits per heavy atom. The highest BCUT2D eigenvalue weighted by molar-refractivity contribution is 8.14. The molecule has 2 nitrogen and oxygen atoms in total. The summed E-state index contributed by atoms with van der Waals surface area (Å²) < 4.78 is 46.7. The molecule has 0 aromatic heterocycles. The molecule has 12 heavy (non-hydrogen) atoms. The molecule has 0 bridgehead atoms. The zero-order valence-corrected chi connectivity index (χ0v) is 7.84. The van der Waals surface area contributed by atoms with Crippen LogP contribution < -0.4 is 0 Å². The second kappa shape index (κ2) is 3.10. The van der Waals surface area contributed by atoms with Crippen LogP contribution in [0.25, 0.3) is 0 Å². The lowest BCUT2D eigenvalue weighted by molar-refractivity contribution is -0.0322. The number of alkyl halides is 2. The third-order valence-corrected chi connectivity index (χ3v) is 3.95. The Bertz CT molecular complexity index is 263. The van der Waals surface area contributed by atoms with Gasteiger partial charge in [-0.25, -0.2) is 17.2 Å². The monoisotopic (exact) mass is 218 g/mol. The van der Waals surface area contributed by atoms with Gasteiger partial charge in [0.05, 0.1) is 5.25 Å². The lowest BCUT2D eigenvalue weighted by atomic mass is 9.96. The summed E-state index contributed by atoms with van der Waals surface area (Å²) in [6.45, 7) is 0. The fourth-order valence-electron chi connectivity index (χ4n) is 1.37. The van der Waals surface area contributed by atoms with Crippen LogP contribution in [0.4, 0.5) is 8.78 Å². The molecule has 1 saturated carbocycles. The van der Waals surface area contributed by atoms with Gasteiger partial charge in [-0.15, -0.1) is 0 Å². The lowest BCUT2D eigenvalue weighted by Gasteiger charge is -2.26. The minimum Gasteiger partial charge on any atom is -0.212 e. The van der Waals surface area contributed by atoms with Crippen molar-refractivity contribution in [1.29, 1.82) is 0 Å². The Hall–Kier alpha value is 0.1000. The van der Waals surface area contributed by atoms with Crippen molar-refractivity contribution >= 4 is 19.7 Å². The zero-order valence-electron chi connectivity index (χ0n) is 6.26. The molecular formula is C6H9ClF2O2S. The van der Waals surface area contributed by atoms with Gasteiger partial charge in [0.2, 0.25) is 15.0 Å². The van der Waals surface area contributed by atoms with Crippen molar-refractivity contribution in [1.82, 2.24) is 0 Å². The number of halogens is 3. The zero-order chi connectivity index (χ0) is 9.41. The van der Waals surface area contributed by atoms with Gasteiger partial charge in [0, 0.05) is 23.5 Å². The molecule has 1 aliphatic carbocycles. The van der Waals surface area contributed by atoms with E-state index in [-0.39, 0.29) is 19.3 Å². The van der Waals surface area contributed by atoms with Crippen molar-refractivity contribution in [2.45, 2.75) is 36.9 Å². The van der Waals surface area contributed by atoms with Crippen LogP contribution in [0.5, 0.6) is 0 Å². The van der Waals surface area contributed by atoms with E-state index in [2.05, 4.69) is 0 Å². The van der Waals surface area contributed by atoms with Gasteiger partial charge in [-0.05, 0) is 12.8 Å². The summed E-state index contributed by atoms with van der Waals surface area (Å²) in [6.07, 6.45) is -0.375. The minimum atomic E-state index is -3.80. The second-order valence-corrected chi connectivity index (χ2v) is 5.96. The molecule has 0 spiro atoms. The molecular weight excluding hydrogens is 210 g/mol. The number of rotatable bonds is 1. The van der Waals surface area contributed by atoms with Crippen LogP contribution in [-0.4, -0.2) is 19.6 Å². The maximum absolute atomic E-state index is 12.7. The highest BCUT2D eigenvalue weighted by Crippen LogP contribution is 2.36. The van der Waals surface area contributed by atoms with E-state index >= 15 is 0 Å². The van der Waals surface area contributed by atoms with E-state index in [9.17, 15) is 17.2 Å². The Morgan fingerprint density at radius 3 is 2.33 bits per heavy atom. The molecule has 6 heteroatoms. The molecule has 0 radical (unpaired) electrons. The second-order valence-electron chi connectivity index (χ2n) is 3.05. The van der Waals surface area contributed by atoms with E-state index in [1.165, 1.54) is 0 Å². The summed E-state index contributed by atoms with van der Waals surface area (Å²) in [5.41, 5.74) is 0. The Balaban J connectivity index is 2.71. The normalized spacial score (nSPS) is 30.1. The van der Waals surface area contributed by atoms with Gasteiger partial charge >= 0.3 is 0 Å². The van der Waals surface area contributed by atoms with Gasteiger partial charge in [-0.3, -0.25) is 0 Å². The first-order valence-electron chi connectivity index (χ1n) is 3.62. The molecule has 0 aromatic rings. The van der Waals surface area contributed by atoms with Gasteiger partial charge in [-0.1, -0.05) is 0 Å². The first kappa shape index (κ1) is 10.2. The summed E-state index contributed by atoms with van der Waals surface area (Å²) in [7, 11) is 1.17. The van der Waals surface area contributed by atoms with E-state index in [0.29, 0.717) is 0 Å². The van der Waals surface area contributed by atoms with Crippen LogP contribution in [0.15, 0.2) is 0 Å². The third kappa shape index (κ3) is 2.55. The van der Waals surface area contributed by atoms with E-state index in [1.807, 2.05) is 0 Å². The largest absolute Gasteiger partial charge is 0.249 e. The molecule has 1 aliphatic rings. The van der Waals surface area contributed by atoms with E-state index < -0.39 is 26.6 Å². The van der Waals surface area contributed by atoms with Gasteiger partial charge in [0.1, 0.15) is 0 Å². The SMILES string of the molecule is O=S(=O)(Cl)C1CCCC(F)(F)C1. The standard InChI is InChI=1S/C6H9ClF2O2S/c7-12(10,11)5-2-1-3-6(8,9)4-5/h5H,1-4H2. The highest BCUT2D eigenvalue weighted by atomic mass is 35.7. The van der Waals surface area contributed by atoms with Crippen LogP contribution in [0.2, 0.25) is 0 Å². The molecule has 0 amide bonds. The predicted octanol–water partition coefficient (Wildman–Crippen LogP) is 2.13. The average Bonchev–Trinajstić information content (AvgIpc) is 1.83. The number of hydrogen-bond donors (Lipinski definition) is 0. The Morgan fingerprint density at radius 2 is 2.00 bits per heavy atom. The van der Waals surface area contributed by atoms with Crippen molar-refractivity contribution in [3.63, 3.8) is 0 Å². The molecule has 1 atom stereocenters. The first-order valence-corrected chi connectivity index (χ1v) is 6.00. The van der Waals surface area contributed by atoms with Crippen molar-refractivity contribution in [2.75, 3.05) is 0 Å². The van der Waals surface area contributed by atoms with E-state index in [1.54, 1.807) is 0 Å². The first-order chi connectivity index (χ1) is 5.31. The Labute approximate surface area is 74.3 Å². The van der Waals surface area contributed by atoms with Gasteiger partial charge in [-0.2, -0.15) is 0 Å². The van der Waals surface area contributed by atoms with Crippen LogP contribution in [0.1, 0.15) is 25.7 Å². The van der Waals surface area contributed by atoms with Crippen LogP contribution >= 0.6 is 10.7 Å².